The lowest BCUT2D eigenvalue weighted by molar-refractivity contribution is -0.139. The molecule has 1 aromatic rings. The first kappa shape index (κ1) is 12.1. The second-order valence-electron chi connectivity index (χ2n) is 2.87. The maximum Gasteiger partial charge on any atom is 0.309 e. The van der Waals surface area contributed by atoms with Crippen molar-refractivity contribution in [2.75, 3.05) is 6.54 Å². The molecule has 0 aliphatic rings. The Morgan fingerprint density at radius 2 is 2.12 bits per heavy atom. The number of aromatic nitrogens is 2. The van der Waals surface area contributed by atoms with Gasteiger partial charge in [0.2, 0.25) is 0 Å². The van der Waals surface area contributed by atoms with E-state index in [1.807, 2.05) is 0 Å². The molecule has 0 spiro atoms. The van der Waals surface area contributed by atoms with Crippen LogP contribution in [0, 0.1) is 0 Å². The zero-order valence-electron chi connectivity index (χ0n) is 8.32. The van der Waals surface area contributed by atoms with E-state index < -0.39 is 11.8 Å². The predicted octanol–water partition coefficient (Wildman–Crippen LogP) is -1.57. The van der Waals surface area contributed by atoms with Crippen LogP contribution in [0.15, 0.2) is 12.4 Å². The lowest BCUT2D eigenvalue weighted by atomic mass is 10.5. The molecule has 5 N–H and O–H groups in total. The minimum absolute atomic E-state index is 0.00232. The molecule has 16 heavy (non-hydrogen) atoms. The van der Waals surface area contributed by atoms with Crippen molar-refractivity contribution in [2.24, 2.45) is 5.73 Å². The molecular weight excluding hydrogens is 230 g/mol. The van der Waals surface area contributed by atoms with Crippen molar-refractivity contribution in [3.8, 4) is 0 Å². The Kier molecular flexibility index (Phi) is 4.40. The Hall–Kier alpha value is -1.96. The summed E-state index contributed by atoms with van der Waals surface area (Å²) in [6.07, 6.45) is 3.17. The fourth-order valence-corrected chi connectivity index (χ4v) is 0.959. The predicted molar refractivity (Wildman–Crippen MR) is 60.2 cm³/mol. The third kappa shape index (κ3) is 4.05. The van der Waals surface area contributed by atoms with E-state index in [4.69, 9.17) is 5.73 Å². The molecule has 0 unspecified atom stereocenters. The molecule has 0 fully saturated rings. The zero-order chi connectivity index (χ0) is 12.0. The third-order valence-electron chi connectivity index (χ3n) is 1.60. The summed E-state index contributed by atoms with van der Waals surface area (Å²) in [5.74, 6) is -0.970. The van der Waals surface area contributed by atoms with Gasteiger partial charge in [-0.1, -0.05) is 12.2 Å². The number of carbonyl (C=O) groups excluding carboxylic acids is 2. The molecule has 1 rings (SSSR count). The van der Waals surface area contributed by atoms with E-state index in [1.165, 1.54) is 0 Å². The summed E-state index contributed by atoms with van der Waals surface area (Å²) in [6, 6.07) is 0. The number of amides is 2. The average molecular weight is 241 g/mol. The van der Waals surface area contributed by atoms with Crippen molar-refractivity contribution in [1.82, 2.24) is 20.6 Å². The number of rotatable bonds is 4. The number of nitrogens with two attached hydrogens (primary N) is 1. The summed E-state index contributed by atoms with van der Waals surface area (Å²) in [7, 11) is 0. The maximum atomic E-state index is 11.2. The Morgan fingerprint density at radius 1 is 1.44 bits per heavy atom. The van der Waals surface area contributed by atoms with Crippen molar-refractivity contribution in [2.45, 2.75) is 6.54 Å². The normalized spacial score (nSPS) is 9.50. The van der Waals surface area contributed by atoms with Gasteiger partial charge in [-0.05, 0) is 0 Å². The molecule has 0 atom stereocenters. The average Bonchev–Trinajstić information content (AvgIpc) is 2.75. The Labute approximate surface area is 96.8 Å². The van der Waals surface area contributed by atoms with Crippen LogP contribution in [0.5, 0.6) is 0 Å². The van der Waals surface area contributed by atoms with Crippen molar-refractivity contribution < 1.29 is 9.59 Å². The van der Waals surface area contributed by atoms with Gasteiger partial charge in [0.25, 0.3) is 0 Å². The highest BCUT2D eigenvalue weighted by atomic mass is 32.1. The van der Waals surface area contributed by atoms with Crippen LogP contribution in [0.3, 0.4) is 0 Å². The number of hydrogen-bond acceptors (Lipinski definition) is 4. The summed E-state index contributed by atoms with van der Waals surface area (Å²) in [4.78, 5) is 29.1. The van der Waals surface area contributed by atoms with E-state index in [0.29, 0.717) is 5.82 Å². The number of hydrogen-bond donors (Lipinski definition) is 4. The first-order valence-electron chi connectivity index (χ1n) is 4.42. The van der Waals surface area contributed by atoms with Gasteiger partial charge in [0, 0.05) is 12.4 Å². The lowest BCUT2D eigenvalue weighted by Gasteiger charge is -2.04. The Bertz CT molecular complexity index is 389. The fourth-order valence-electron chi connectivity index (χ4n) is 0.887. The van der Waals surface area contributed by atoms with Gasteiger partial charge in [-0.15, -0.1) is 0 Å². The van der Waals surface area contributed by atoms with Crippen LogP contribution in [0.1, 0.15) is 5.82 Å². The lowest BCUT2D eigenvalue weighted by Crippen LogP contribution is -2.42. The first-order valence-corrected chi connectivity index (χ1v) is 4.83. The van der Waals surface area contributed by atoms with E-state index in [-0.39, 0.29) is 18.1 Å². The molecule has 86 valence electrons. The highest BCUT2D eigenvalue weighted by molar-refractivity contribution is 7.80. The van der Waals surface area contributed by atoms with E-state index in [9.17, 15) is 9.59 Å². The number of nitrogens with one attached hydrogen (secondary N) is 3. The molecule has 0 aliphatic heterocycles. The van der Waals surface area contributed by atoms with Crippen molar-refractivity contribution in [1.29, 1.82) is 0 Å². The van der Waals surface area contributed by atoms with Gasteiger partial charge in [-0.3, -0.25) is 9.59 Å². The molecule has 0 saturated carbocycles. The topological polar surface area (TPSA) is 113 Å². The van der Waals surface area contributed by atoms with Crippen molar-refractivity contribution >= 4 is 29.0 Å². The molecule has 0 radical (unpaired) electrons. The molecule has 0 saturated heterocycles. The molecule has 7 nitrogen and oxygen atoms in total. The van der Waals surface area contributed by atoms with Crippen LogP contribution in [-0.2, 0) is 16.1 Å². The van der Waals surface area contributed by atoms with Gasteiger partial charge < -0.3 is 21.4 Å². The molecule has 2 amide bonds. The first-order chi connectivity index (χ1) is 7.59. The second-order valence-corrected chi connectivity index (χ2v) is 3.39. The molecule has 0 aliphatic carbocycles. The molecular formula is C8H11N5O2S. The third-order valence-corrected chi connectivity index (χ3v) is 1.74. The number of nitrogens with zero attached hydrogens (tertiary/aromatic N) is 1. The summed E-state index contributed by atoms with van der Waals surface area (Å²) < 4.78 is 0. The van der Waals surface area contributed by atoms with Gasteiger partial charge in [0.15, 0.2) is 0 Å². The summed E-state index contributed by atoms with van der Waals surface area (Å²) in [5, 5.41) is 4.64. The number of carbonyl (C=O) groups is 2. The summed E-state index contributed by atoms with van der Waals surface area (Å²) in [6.45, 7) is 0.161. The van der Waals surface area contributed by atoms with Crippen LogP contribution in [-0.4, -0.2) is 33.3 Å². The number of H-pyrrole nitrogens is 1. The van der Waals surface area contributed by atoms with Crippen molar-refractivity contribution in [3.05, 3.63) is 18.2 Å². The highest BCUT2D eigenvalue weighted by Crippen LogP contribution is 1.86. The van der Waals surface area contributed by atoms with Gasteiger partial charge in [0.05, 0.1) is 18.1 Å². The largest absolute Gasteiger partial charge is 0.392 e. The van der Waals surface area contributed by atoms with E-state index in [0.717, 1.165) is 0 Å². The molecule has 0 aromatic carbocycles. The van der Waals surface area contributed by atoms with Gasteiger partial charge in [0.1, 0.15) is 5.82 Å². The SMILES string of the molecule is NC(=S)CNC(=O)C(=O)NCc1ncc[nH]1. The maximum absolute atomic E-state index is 11.2. The van der Waals surface area contributed by atoms with Crippen LogP contribution >= 0.6 is 12.2 Å². The summed E-state index contributed by atoms with van der Waals surface area (Å²) in [5.41, 5.74) is 5.16. The molecule has 0 bridgehead atoms. The second kappa shape index (κ2) is 5.81. The minimum Gasteiger partial charge on any atom is -0.392 e. The summed E-state index contributed by atoms with van der Waals surface area (Å²) >= 11 is 4.55. The van der Waals surface area contributed by atoms with Crippen LogP contribution in [0.2, 0.25) is 0 Å². The smallest absolute Gasteiger partial charge is 0.309 e. The van der Waals surface area contributed by atoms with E-state index >= 15 is 0 Å². The van der Waals surface area contributed by atoms with E-state index in [2.05, 4.69) is 32.8 Å². The standard InChI is InChI=1S/C8H11N5O2S/c9-5(16)3-12-7(14)8(15)13-4-6-10-1-2-11-6/h1-2H,3-4H2,(H2,9,16)(H,10,11)(H,12,14)(H,13,15). The van der Waals surface area contributed by atoms with Gasteiger partial charge in [-0.25, -0.2) is 4.98 Å². The van der Waals surface area contributed by atoms with E-state index in [1.54, 1.807) is 12.4 Å². The monoisotopic (exact) mass is 241 g/mol. The number of aromatic amines is 1. The number of imidazole rings is 1. The zero-order valence-corrected chi connectivity index (χ0v) is 9.13. The minimum atomic E-state index is -0.778. The van der Waals surface area contributed by atoms with Crippen LogP contribution in [0.25, 0.3) is 0 Å². The molecule has 8 heteroatoms. The number of thiocarbonyl (C=S) groups is 1. The van der Waals surface area contributed by atoms with Crippen molar-refractivity contribution in [3.63, 3.8) is 0 Å². The van der Waals surface area contributed by atoms with Gasteiger partial charge in [-0.2, -0.15) is 0 Å². The fraction of sp³-hybridized carbons (Fsp3) is 0.250. The Morgan fingerprint density at radius 3 is 2.69 bits per heavy atom. The Balaban J connectivity index is 2.29. The molecule has 1 aromatic heterocycles. The molecule has 1 heterocycles. The quantitative estimate of drug-likeness (QED) is 0.376. The van der Waals surface area contributed by atoms with Crippen LogP contribution < -0.4 is 16.4 Å². The van der Waals surface area contributed by atoms with Gasteiger partial charge >= 0.3 is 11.8 Å². The highest BCUT2D eigenvalue weighted by Gasteiger charge is 2.12. The van der Waals surface area contributed by atoms with Crippen LogP contribution in [0.4, 0.5) is 0 Å².